The maximum absolute atomic E-state index is 12.1. The Balaban J connectivity index is 1.55. The lowest BCUT2D eigenvalue weighted by molar-refractivity contribution is 0.0926. The number of benzene rings is 1. The summed E-state index contributed by atoms with van der Waals surface area (Å²) in [7, 11) is 0. The maximum Gasteiger partial charge on any atom is 0.271 e. The van der Waals surface area contributed by atoms with E-state index >= 15 is 0 Å². The Kier molecular flexibility index (Phi) is 4.88. The lowest BCUT2D eigenvalue weighted by Gasteiger charge is -2.33. The summed E-state index contributed by atoms with van der Waals surface area (Å²) in [6.45, 7) is 4.63. The molecule has 1 aliphatic heterocycles. The van der Waals surface area contributed by atoms with Crippen molar-refractivity contribution in [3.05, 3.63) is 58.4 Å². The van der Waals surface area contributed by atoms with Crippen LogP contribution in [0.15, 0.2) is 36.4 Å². The maximum atomic E-state index is 12.1. The SMILES string of the molecule is C[C@@H](CNC(=O)c1ccc(Cl)nn1)N1CCc2ccccc2C1. The van der Waals surface area contributed by atoms with Crippen molar-refractivity contribution >= 4 is 17.5 Å². The highest BCUT2D eigenvalue weighted by Crippen LogP contribution is 2.19. The van der Waals surface area contributed by atoms with Crippen molar-refractivity contribution in [3.63, 3.8) is 0 Å². The third-order valence-electron chi connectivity index (χ3n) is 4.21. The Morgan fingerprint density at radius 1 is 1.26 bits per heavy atom. The van der Waals surface area contributed by atoms with E-state index in [-0.39, 0.29) is 22.8 Å². The first-order valence-electron chi connectivity index (χ1n) is 7.72. The van der Waals surface area contributed by atoms with Crippen molar-refractivity contribution in [2.75, 3.05) is 13.1 Å². The molecule has 0 bridgehead atoms. The monoisotopic (exact) mass is 330 g/mol. The number of carbonyl (C=O) groups excluding carboxylic acids is 1. The Bertz CT molecular complexity index is 689. The molecular weight excluding hydrogens is 312 g/mol. The minimum Gasteiger partial charge on any atom is -0.349 e. The molecule has 1 aromatic carbocycles. The third kappa shape index (κ3) is 3.86. The van der Waals surface area contributed by atoms with Crippen molar-refractivity contribution in [2.45, 2.75) is 25.9 Å². The second kappa shape index (κ2) is 7.06. The molecule has 2 aromatic rings. The molecule has 1 N–H and O–H groups in total. The average molecular weight is 331 g/mol. The average Bonchev–Trinajstić information content (AvgIpc) is 2.59. The number of aromatic nitrogens is 2. The molecule has 6 heteroatoms. The van der Waals surface area contributed by atoms with E-state index in [4.69, 9.17) is 11.6 Å². The van der Waals surface area contributed by atoms with Crippen molar-refractivity contribution in [1.29, 1.82) is 0 Å². The molecule has 0 spiro atoms. The topological polar surface area (TPSA) is 58.1 Å². The van der Waals surface area contributed by atoms with Crippen LogP contribution in [0.2, 0.25) is 5.15 Å². The molecular formula is C17H19ClN4O. The molecule has 1 aromatic heterocycles. The fourth-order valence-corrected chi connectivity index (χ4v) is 2.89. The number of amides is 1. The van der Waals surface area contributed by atoms with Crippen LogP contribution in [0.25, 0.3) is 0 Å². The van der Waals surface area contributed by atoms with Gasteiger partial charge in [0.1, 0.15) is 0 Å². The number of carbonyl (C=O) groups is 1. The smallest absolute Gasteiger partial charge is 0.271 e. The molecule has 0 fully saturated rings. The van der Waals surface area contributed by atoms with Crippen LogP contribution in [0.3, 0.4) is 0 Å². The standard InChI is InChI=1S/C17H19ClN4O/c1-12(10-19-17(23)15-6-7-16(18)21-20-15)22-9-8-13-4-2-3-5-14(13)11-22/h2-7,12H,8-11H2,1H3,(H,19,23)/t12-/m0/s1. The fraction of sp³-hybridized carbons (Fsp3) is 0.353. The predicted octanol–water partition coefficient (Wildman–Crippen LogP) is 2.31. The summed E-state index contributed by atoms with van der Waals surface area (Å²) >= 11 is 5.67. The fourth-order valence-electron chi connectivity index (χ4n) is 2.79. The van der Waals surface area contributed by atoms with Gasteiger partial charge in [0, 0.05) is 25.7 Å². The van der Waals surface area contributed by atoms with E-state index in [2.05, 4.69) is 51.6 Å². The number of halogens is 1. The van der Waals surface area contributed by atoms with Gasteiger partial charge in [0.2, 0.25) is 0 Å². The van der Waals surface area contributed by atoms with E-state index in [0.717, 1.165) is 19.5 Å². The number of fused-ring (bicyclic) bond motifs is 1. The number of nitrogens with zero attached hydrogens (tertiary/aromatic N) is 3. The second-order valence-corrected chi connectivity index (χ2v) is 6.18. The van der Waals surface area contributed by atoms with E-state index in [0.29, 0.717) is 6.54 Å². The van der Waals surface area contributed by atoms with E-state index < -0.39 is 0 Å². The first-order chi connectivity index (χ1) is 11.1. The Hall–Kier alpha value is -1.98. The highest BCUT2D eigenvalue weighted by atomic mass is 35.5. The summed E-state index contributed by atoms with van der Waals surface area (Å²) in [4.78, 5) is 14.5. The molecule has 0 unspecified atom stereocenters. The van der Waals surface area contributed by atoms with Crippen LogP contribution in [-0.2, 0) is 13.0 Å². The Morgan fingerprint density at radius 3 is 2.78 bits per heavy atom. The van der Waals surface area contributed by atoms with Crippen LogP contribution in [0.1, 0.15) is 28.5 Å². The van der Waals surface area contributed by atoms with E-state index in [1.54, 1.807) is 12.1 Å². The summed E-state index contributed by atoms with van der Waals surface area (Å²) in [5, 5.41) is 10.7. The normalized spacial score (nSPS) is 15.7. The molecule has 0 radical (unpaired) electrons. The number of nitrogens with one attached hydrogen (secondary N) is 1. The highest BCUT2D eigenvalue weighted by molar-refractivity contribution is 6.29. The minimum atomic E-state index is -0.224. The van der Waals surface area contributed by atoms with Crippen LogP contribution in [0.5, 0.6) is 0 Å². The minimum absolute atomic E-state index is 0.224. The summed E-state index contributed by atoms with van der Waals surface area (Å²) < 4.78 is 0. The lowest BCUT2D eigenvalue weighted by atomic mass is 9.99. The summed E-state index contributed by atoms with van der Waals surface area (Å²) in [6, 6.07) is 11.9. The van der Waals surface area contributed by atoms with E-state index in [9.17, 15) is 4.79 Å². The van der Waals surface area contributed by atoms with Gasteiger partial charge in [-0.2, -0.15) is 0 Å². The molecule has 1 atom stereocenters. The zero-order chi connectivity index (χ0) is 16.2. The van der Waals surface area contributed by atoms with Crippen LogP contribution < -0.4 is 5.32 Å². The third-order valence-corrected chi connectivity index (χ3v) is 4.41. The van der Waals surface area contributed by atoms with Gasteiger partial charge < -0.3 is 5.32 Å². The molecule has 5 nitrogen and oxygen atoms in total. The van der Waals surface area contributed by atoms with Gasteiger partial charge >= 0.3 is 0 Å². The summed E-state index contributed by atoms with van der Waals surface area (Å²) in [5.74, 6) is -0.224. The van der Waals surface area contributed by atoms with Gasteiger partial charge in [0.15, 0.2) is 10.8 Å². The molecule has 0 saturated carbocycles. The quantitative estimate of drug-likeness (QED) is 0.934. The van der Waals surface area contributed by atoms with Gasteiger partial charge in [-0.3, -0.25) is 9.69 Å². The summed E-state index contributed by atoms with van der Waals surface area (Å²) in [6.07, 6.45) is 1.05. The number of hydrogen-bond donors (Lipinski definition) is 1. The lowest BCUT2D eigenvalue weighted by Crippen LogP contribution is -2.44. The molecule has 1 aliphatic rings. The van der Waals surface area contributed by atoms with Crippen molar-refractivity contribution < 1.29 is 4.79 Å². The van der Waals surface area contributed by atoms with Crippen molar-refractivity contribution in [1.82, 2.24) is 20.4 Å². The molecule has 23 heavy (non-hydrogen) atoms. The molecule has 0 saturated heterocycles. The zero-order valence-electron chi connectivity index (χ0n) is 13.0. The molecule has 120 valence electrons. The molecule has 1 amide bonds. The van der Waals surface area contributed by atoms with Gasteiger partial charge in [0.25, 0.3) is 5.91 Å². The molecule has 2 heterocycles. The molecule has 0 aliphatic carbocycles. The van der Waals surface area contributed by atoms with Crippen molar-refractivity contribution in [3.8, 4) is 0 Å². The highest BCUT2D eigenvalue weighted by Gasteiger charge is 2.21. The predicted molar refractivity (Wildman–Crippen MR) is 89.4 cm³/mol. The first kappa shape index (κ1) is 15.9. The molecule has 3 rings (SSSR count). The Labute approximate surface area is 140 Å². The van der Waals surface area contributed by atoms with Crippen LogP contribution in [0, 0.1) is 0 Å². The van der Waals surface area contributed by atoms with Crippen LogP contribution >= 0.6 is 11.6 Å². The number of rotatable bonds is 4. The van der Waals surface area contributed by atoms with Crippen LogP contribution in [-0.4, -0.2) is 40.1 Å². The van der Waals surface area contributed by atoms with E-state index in [1.807, 2.05) is 0 Å². The van der Waals surface area contributed by atoms with Gasteiger partial charge in [0.05, 0.1) is 0 Å². The van der Waals surface area contributed by atoms with Crippen LogP contribution in [0.4, 0.5) is 0 Å². The van der Waals surface area contributed by atoms with Gasteiger partial charge in [-0.1, -0.05) is 35.9 Å². The first-order valence-corrected chi connectivity index (χ1v) is 8.09. The van der Waals surface area contributed by atoms with Crippen molar-refractivity contribution in [2.24, 2.45) is 0 Å². The number of hydrogen-bond acceptors (Lipinski definition) is 4. The Morgan fingerprint density at radius 2 is 2.04 bits per heavy atom. The second-order valence-electron chi connectivity index (χ2n) is 5.79. The largest absolute Gasteiger partial charge is 0.349 e. The van der Waals surface area contributed by atoms with Gasteiger partial charge in [-0.15, -0.1) is 10.2 Å². The summed E-state index contributed by atoms with van der Waals surface area (Å²) in [5.41, 5.74) is 3.09. The van der Waals surface area contributed by atoms with Gasteiger partial charge in [-0.25, -0.2) is 0 Å². The van der Waals surface area contributed by atoms with Gasteiger partial charge in [-0.05, 0) is 36.6 Å². The van der Waals surface area contributed by atoms with E-state index in [1.165, 1.54) is 11.1 Å². The zero-order valence-corrected chi connectivity index (χ0v) is 13.8.